The van der Waals surface area contributed by atoms with Gasteiger partial charge in [-0.25, -0.2) is 0 Å². The zero-order valence-electron chi connectivity index (χ0n) is 16.5. The first-order valence-electron chi connectivity index (χ1n) is 9.31. The van der Waals surface area contributed by atoms with Gasteiger partial charge in [-0.15, -0.1) is 6.58 Å². The van der Waals surface area contributed by atoms with Crippen molar-refractivity contribution >= 4 is 5.78 Å². The van der Waals surface area contributed by atoms with Crippen LogP contribution in [-0.2, 0) is 20.7 Å². The van der Waals surface area contributed by atoms with Crippen LogP contribution in [0.1, 0.15) is 32.3 Å². The van der Waals surface area contributed by atoms with E-state index in [1.807, 2.05) is 31.2 Å². The topological polar surface area (TPSA) is 54.0 Å². The molecule has 1 aliphatic carbocycles. The molecule has 2 aliphatic rings. The fourth-order valence-electron chi connectivity index (χ4n) is 4.32. The largest absolute Gasteiger partial charge is 0.493 e. The predicted octanol–water partition coefficient (Wildman–Crippen LogP) is 4.06. The van der Waals surface area contributed by atoms with Crippen LogP contribution in [0.2, 0.25) is 0 Å². The molecule has 1 heterocycles. The number of ketones is 1. The highest BCUT2D eigenvalue weighted by Gasteiger charge is 2.53. The number of ether oxygens (including phenoxy) is 4. The second kappa shape index (κ2) is 7.77. The Morgan fingerprint density at radius 1 is 1.33 bits per heavy atom. The lowest BCUT2D eigenvalue weighted by atomic mass is 9.69. The zero-order valence-corrected chi connectivity index (χ0v) is 16.5. The monoisotopic (exact) mass is 372 g/mol. The molecule has 1 aromatic rings. The van der Waals surface area contributed by atoms with Gasteiger partial charge in [-0.2, -0.15) is 0 Å². The van der Waals surface area contributed by atoms with Crippen molar-refractivity contribution < 1.29 is 23.7 Å². The molecule has 3 atom stereocenters. The van der Waals surface area contributed by atoms with Crippen molar-refractivity contribution in [1.29, 1.82) is 0 Å². The summed E-state index contributed by atoms with van der Waals surface area (Å²) in [5.41, 5.74) is 1.24. The molecule has 3 rings (SSSR count). The Balaban J connectivity index is 1.91. The van der Waals surface area contributed by atoms with E-state index in [-0.39, 0.29) is 24.4 Å². The molecule has 1 saturated heterocycles. The molecular formula is C22H28O5. The minimum absolute atomic E-state index is 0.110. The van der Waals surface area contributed by atoms with Gasteiger partial charge in [0.2, 0.25) is 0 Å². The van der Waals surface area contributed by atoms with Crippen molar-refractivity contribution in [3.8, 4) is 11.5 Å². The molecule has 1 aliphatic heterocycles. The summed E-state index contributed by atoms with van der Waals surface area (Å²) in [6, 6.07) is 5.94. The van der Waals surface area contributed by atoms with Crippen LogP contribution in [0.15, 0.2) is 42.2 Å². The average Bonchev–Trinajstić information content (AvgIpc) is 3.11. The van der Waals surface area contributed by atoms with Crippen LogP contribution in [0.25, 0.3) is 0 Å². The smallest absolute Gasteiger partial charge is 0.189 e. The summed E-state index contributed by atoms with van der Waals surface area (Å²) in [6.45, 7) is 7.99. The quantitative estimate of drug-likeness (QED) is 0.676. The standard InChI is InChI=1S/C22H28O5/c1-6-7-17-12-22(21(26-13-27-22)15(3)20(17)23)14(2)10-16-8-9-18(24-4)19(11-16)25-5/h6,8-9,11,14,17H,1,7,10,12-13H2,2-5H3/t14?,17-,22+/m0/s1. The molecule has 27 heavy (non-hydrogen) atoms. The van der Waals surface area contributed by atoms with Crippen molar-refractivity contribution in [2.75, 3.05) is 21.0 Å². The summed E-state index contributed by atoms with van der Waals surface area (Å²) in [5, 5.41) is 0. The van der Waals surface area contributed by atoms with Gasteiger partial charge in [-0.1, -0.05) is 19.1 Å². The summed E-state index contributed by atoms with van der Waals surface area (Å²) in [4.78, 5) is 12.7. The van der Waals surface area contributed by atoms with Gasteiger partial charge in [0.15, 0.2) is 24.1 Å². The summed E-state index contributed by atoms with van der Waals surface area (Å²) >= 11 is 0. The molecular weight excluding hydrogens is 344 g/mol. The van der Waals surface area contributed by atoms with Gasteiger partial charge in [0.05, 0.1) is 14.2 Å². The van der Waals surface area contributed by atoms with Crippen LogP contribution in [0.4, 0.5) is 0 Å². The van der Waals surface area contributed by atoms with Gasteiger partial charge >= 0.3 is 0 Å². The molecule has 1 unspecified atom stereocenters. The lowest BCUT2D eigenvalue weighted by Crippen LogP contribution is -2.46. The highest BCUT2D eigenvalue weighted by atomic mass is 16.7. The maximum Gasteiger partial charge on any atom is 0.189 e. The number of carbonyl (C=O) groups is 1. The van der Waals surface area contributed by atoms with Gasteiger partial charge in [0.25, 0.3) is 0 Å². The fraction of sp³-hybridized carbons (Fsp3) is 0.500. The number of hydrogen-bond acceptors (Lipinski definition) is 5. The number of rotatable bonds is 7. The minimum atomic E-state index is -0.571. The third-order valence-corrected chi connectivity index (χ3v) is 5.77. The Labute approximate surface area is 160 Å². The second-order valence-electron chi connectivity index (χ2n) is 7.33. The Bertz CT molecular complexity index is 766. The normalized spacial score (nSPS) is 25.6. The number of hydrogen-bond donors (Lipinski definition) is 0. The summed E-state index contributed by atoms with van der Waals surface area (Å²) < 4.78 is 22.7. The van der Waals surface area contributed by atoms with Crippen LogP contribution in [0.3, 0.4) is 0 Å². The molecule has 1 fully saturated rings. The van der Waals surface area contributed by atoms with E-state index in [1.165, 1.54) is 0 Å². The highest BCUT2D eigenvalue weighted by Crippen LogP contribution is 2.48. The Kier molecular flexibility index (Phi) is 5.61. The third-order valence-electron chi connectivity index (χ3n) is 5.77. The van der Waals surface area contributed by atoms with Gasteiger partial charge in [0.1, 0.15) is 11.4 Å². The first-order valence-corrected chi connectivity index (χ1v) is 9.31. The molecule has 1 aromatic carbocycles. The molecule has 0 amide bonds. The Hall–Kier alpha value is -2.27. The van der Waals surface area contributed by atoms with E-state index >= 15 is 0 Å². The summed E-state index contributed by atoms with van der Waals surface area (Å²) in [6.07, 6.45) is 3.86. The van der Waals surface area contributed by atoms with Gasteiger partial charge in [-0.3, -0.25) is 4.79 Å². The van der Waals surface area contributed by atoms with Crippen molar-refractivity contribution in [2.24, 2.45) is 11.8 Å². The summed E-state index contributed by atoms with van der Waals surface area (Å²) in [5.74, 6) is 2.28. The van der Waals surface area contributed by atoms with Gasteiger partial charge in [0, 0.05) is 11.5 Å². The predicted molar refractivity (Wildman–Crippen MR) is 103 cm³/mol. The molecule has 0 radical (unpaired) electrons. The maximum atomic E-state index is 12.7. The van der Waals surface area contributed by atoms with Gasteiger partial charge in [-0.05, 0) is 49.8 Å². The molecule has 0 aromatic heterocycles. The van der Waals surface area contributed by atoms with Crippen molar-refractivity contribution in [2.45, 2.75) is 38.7 Å². The molecule has 146 valence electrons. The summed E-state index contributed by atoms with van der Waals surface area (Å²) in [7, 11) is 3.26. The van der Waals surface area contributed by atoms with E-state index in [0.717, 1.165) is 12.0 Å². The third kappa shape index (κ3) is 3.36. The van der Waals surface area contributed by atoms with E-state index < -0.39 is 5.60 Å². The first kappa shape index (κ1) is 19.5. The van der Waals surface area contributed by atoms with E-state index in [9.17, 15) is 4.79 Å². The molecule has 0 saturated carbocycles. The minimum Gasteiger partial charge on any atom is -0.493 e. The van der Waals surface area contributed by atoms with Crippen LogP contribution in [0, 0.1) is 11.8 Å². The lowest BCUT2D eigenvalue weighted by Gasteiger charge is -2.40. The van der Waals surface area contributed by atoms with Crippen molar-refractivity contribution in [1.82, 2.24) is 0 Å². The van der Waals surface area contributed by atoms with Crippen LogP contribution < -0.4 is 9.47 Å². The number of methoxy groups -OCH3 is 2. The lowest BCUT2D eigenvalue weighted by molar-refractivity contribution is -0.124. The Morgan fingerprint density at radius 2 is 2.07 bits per heavy atom. The molecule has 5 heteroatoms. The first-order chi connectivity index (χ1) is 13.0. The van der Waals surface area contributed by atoms with E-state index in [1.54, 1.807) is 14.2 Å². The maximum absolute atomic E-state index is 12.7. The van der Waals surface area contributed by atoms with Crippen molar-refractivity contribution in [3.63, 3.8) is 0 Å². The number of Topliss-reactive ketones (excluding diaryl/α,β-unsaturated/α-hetero) is 1. The van der Waals surface area contributed by atoms with Crippen LogP contribution in [0.5, 0.6) is 11.5 Å². The molecule has 5 nitrogen and oxygen atoms in total. The van der Waals surface area contributed by atoms with Crippen LogP contribution >= 0.6 is 0 Å². The van der Waals surface area contributed by atoms with E-state index in [0.29, 0.717) is 35.7 Å². The molecule has 0 N–H and O–H groups in total. The number of allylic oxidation sites excluding steroid dienone is 2. The zero-order chi connectivity index (χ0) is 19.6. The SMILES string of the molecule is C=CC[C@H]1C[C@]2(C(C)Cc3ccc(OC)c(OC)c3)OCOC2=C(C)C1=O. The highest BCUT2D eigenvalue weighted by molar-refractivity contribution is 5.98. The number of fused-ring (bicyclic) bond motifs is 1. The Morgan fingerprint density at radius 3 is 2.74 bits per heavy atom. The molecule has 0 spiro atoms. The number of carbonyl (C=O) groups excluding carboxylic acids is 1. The van der Waals surface area contributed by atoms with Crippen LogP contribution in [-0.4, -0.2) is 32.4 Å². The van der Waals surface area contributed by atoms with E-state index in [4.69, 9.17) is 18.9 Å². The average molecular weight is 372 g/mol. The fourth-order valence-corrected chi connectivity index (χ4v) is 4.32. The van der Waals surface area contributed by atoms with Gasteiger partial charge < -0.3 is 18.9 Å². The van der Waals surface area contributed by atoms with E-state index in [2.05, 4.69) is 13.5 Å². The molecule has 0 bridgehead atoms. The second-order valence-corrected chi connectivity index (χ2v) is 7.33. The number of benzene rings is 1. The van der Waals surface area contributed by atoms with Crippen molar-refractivity contribution in [3.05, 3.63) is 47.7 Å².